The van der Waals surface area contributed by atoms with Gasteiger partial charge in [-0.25, -0.2) is 4.79 Å². The number of carbonyl (C=O) groups excluding carboxylic acids is 1. The monoisotopic (exact) mass is 294 g/mol. The predicted molar refractivity (Wildman–Crippen MR) is 81.3 cm³/mol. The molecular formula is C16H26N2O3. The molecule has 1 N–H and O–H groups in total. The number of likely N-dealkylation sites (N-methyl/N-ethyl adjacent to an activating group) is 1. The summed E-state index contributed by atoms with van der Waals surface area (Å²) in [5.74, 6) is 0.402. The summed E-state index contributed by atoms with van der Waals surface area (Å²) in [6.07, 6.45) is 5.35. The van der Waals surface area contributed by atoms with Gasteiger partial charge < -0.3 is 14.5 Å². The van der Waals surface area contributed by atoms with Gasteiger partial charge in [0.1, 0.15) is 11.3 Å². The molecule has 1 atom stereocenters. The second-order valence-corrected chi connectivity index (χ2v) is 5.45. The van der Waals surface area contributed by atoms with Gasteiger partial charge in [-0.2, -0.15) is 0 Å². The Kier molecular flexibility index (Phi) is 6.26. The molecule has 2 rings (SSSR count). The van der Waals surface area contributed by atoms with Crippen LogP contribution >= 0.6 is 0 Å². The molecule has 0 bridgehead atoms. The summed E-state index contributed by atoms with van der Waals surface area (Å²) in [5, 5.41) is 3.56. The lowest BCUT2D eigenvalue weighted by molar-refractivity contribution is 0.0522. The van der Waals surface area contributed by atoms with E-state index in [0.717, 1.165) is 19.6 Å². The zero-order chi connectivity index (χ0) is 15.1. The van der Waals surface area contributed by atoms with Gasteiger partial charge in [-0.1, -0.05) is 13.3 Å². The largest absolute Gasteiger partial charge is 0.467 e. The van der Waals surface area contributed by atoms with Gasteiger partial charge >= 0.3 is 5.97 Å². The Morgan fingerprint density at radius 3 is 3.00 bits per heavy atom. The van der Waals surface area contributed by atoms with Gasteiger partial charge in [0.25, 0.3) is 0 Å². The Bertz CT molecular complexity index is 438. The smallest absolute Gasteiger partial charge is 0.341 e. The standard InChI is InChI=1S/C16H26N2O3/c1-3-18(11-13-7-5-6-9-17-13)12-15-14(8-10-21-15)16(19)20-4-2/h8,10,13,17H,3-7,9,11-12H2,1-2H3. The third kappa shape index (κ3) is 4.58. The lowest BCUT2D eigenvalue weighted by Gasteiger charge is -2.29. The number of furan rings is 1. The molecule has 0 aromatic carbocycles. The minimum Gasteiger partial charge on any atom is -0.467 e. The molecular weight excluding hydrogens is 268 g/mol. The van der Waals surface area contributed by atoms with E-state index in [-0.39, 0.29) is 5.97 Å². The van der Waals surface area contributed by atoms with E-state index in [4.69, 9.17) is 9.15 Å². The fourth-order valence-corrected chi connectivity index (χ4v) is 2.75. The van der Waals surface area contributed by atoms with Crippen molar-refractivity contribution < 1.29 is 13.9 Å². The fourth-order valence-electron chi connectivity index (χ4n) is 2.75. The molecule has 5 heteroatoms. The maximum Gasteiger partial charge on any atom is 0.341 e. The molecule has 1 fully saturated rings. The molecule has 0 amide bonds. The number of nitrogens with one attached hydrogen (secondary N) is 1. The Balaban J connectivity index is 1.94. The first-order valence-electron chi connectivity index (χ1n) is 7.93. The van der Waals surface area contributed by atoms with E-state index in [1.54, 1.807) is 12.3 Å². The molecule has 5 nitrogen and oxygen atoms in total. The van der Waals surface area contributed by atoms with Gasteiger partial charge in [0.05, 0.1) is 19.4 Å². The molecule has 1 unspecified atom stereocenters. The highest BCUT2D eigenvalue weighted by Gasteiger charge is 2.20. The normalized spacial score (nSPS) is 18.9. The summed E-state index contributed by atoms with van der Waals surface area (Å²) in [7, 11) is 0. The molecule has 1 aromatic rings. The molecule has 0 aliphatic carbocycles. The summed E-state index contributed by atoms with van der Waals surface area (Å²) in [6.45, 7) is 8.00. The lowest BCUT2D eigenvalue weighted by Crippen LogP contribution is -2.43. The summed E-state index contributed by atoms with van der Waals surface area (Å²) < 4.78 is 10.6. The van der Waals surface area contributed by atoms with Gasteiger partial charge in [0.2, 0.25) is 0 Å². The van der Waals surface area contributed by atoms with Crippen LogP contribution in [0.1, 0.15) is 49.2 Å². The molecule has 1 aliphatic rings. The molecule has 1 aromatic heterocycles. The molecule has 0 saturated carbocycles. The highest BCUT2D eigenvalue weighted by molar-refractivity contribution is 5.90. The zero-order valence-electron chi connectivity index (χ0n) is 13.1. The van der Waals surface area contributed by atoms with Crippen LogP contribution in [0.3, 0.4) is 0 Å². The van der Waals surface area contributed by atoms with Crippen LogP contribution in [0.2, 0.25) is 0 Å². The average molecular weight is 294 g/mol. The highest BCUT2D eigenvalue weighted by Crippen LogP contribution is 2.16. The van der Waals surface area contributed by atoms with Crippen molar-refractivity contribution in [2.45, 2.75) is 45.7 Å². The average Bonchev–Trinajstić information content (AvgIpc) is 2.96. The van der Waals surface area contributed by atoms with Crippen molar-refractivity contribution in [2.75, 3.05) is 26.2 Å². The first-order chi connectivity index (χ1) is 10.2. The van der Waals surface area contributed by atoms with Crippen molar-refractivity contribution >= 4 is 5.97 Å². The Hall–Kier alpha value is -1.33. The Morgan fingerprint density at radius 2 is 2.33 bits per heavy atom. The van der Waals surface area contributed by atoms with Crippen LogP contribution in [-0.4, -0.2) is 43.2 Å². The quantitative estimate of drug-likeness (QED) is 0.783. The number of ether oxygens (including phenoxy) is 1. The molecule has 118 valence electrons. The SMILES string of the molecule is CCOC(=O)c1ccoc1CN(CC)CC1CCCCN1. The summed E-state index contributed by atoms with van der Waals surface area (Å²) >= 11 is 0. The number of nitrogens with zero attached hydrogens (tertiary/aromatic N) is 1. The van der Waals surface area contributed by atoms with E-state index < -0.39 is 0 Å². The van der Waals surface area contributed by atoms with Crippen LogP contribution in [0, 0.1) is 0 Å². The first-order valence-corrected chi connectivity index (χ1v) is 7.93. The molecule has 0 radical (unpaired) electrons. The minimum absolute atomic E-state index is 0.298. The van der Waals surface area contributed by atoms with Crippen molar-refractivity contribution in [2.24, 2.45) is 0 Å². The number of hydrogen-bond acceptors (Lipinski definition) is 5. The summed E-state index contributed by atoms with van der Waals surface area (Å²) in [6, 6.07) is 2.24. The van der Waals surface area contributed by atoms with Crippen molar-refractivity contribution in [1.29, 1.82) is 0 Å². The van der Waals surface area contributed by atoms with Gasteiger partial charge in [-0.05, 0) is 38.9 Å². The molecule has 1 saturated heterocycles. The first kappa shape index (κ1) is 16.0. The molecule has 0 spiro atoms. The number of hydrogen-bond donors (Lipinski definition) is 1. The Labute approximate surface area is 126 Å². The Morgan fingerprint density at radius 1 is 1.48 bits per heavy atom. The van der Waals surface area contributed by atoms with Crippen molar-refractivity contribution in [3.05, 3.63) is 23.7 Å². The molecule has 1 aliphatic heterocycles. The maximum absolute atomic E-state index is 11.9. The van der Waals surface area contributed by atoms with Crippen molar-refractivity contribution in [3.8, 4) is 0 Å². The van der Waals surface area contributed by atoms with E-state index in [9.17, 15) is 4.79 Å². The van der Waals surface area contributed by atoms with Crippen molar-refractivity contribution in [1.82, 2.24) is 10.2 Å². The van der Waals surface area contributed by atoms with Gasteiger partial charge in [-0.3, -0.25) is 4.90 Å². The highest BCUT2D eigenvalue weighted by atomic mass is 16.5. The predicted octanol–water partition coefficient (Wildman–Crippen LogP) is 2.42. The fraction of sp³-hybridized carbons (Fsp3) is 0.688. The van der Waals surface area contributed by atoms with E-state index in [1.165, 1.54) is 19.3 Å². The third-order valence-corrected chi connectivity index (χ3v) is 3.95. The lowest BCUT2D eigenvalue weighted by atomic mass is 10.0. The zero-order valence-corrected chi connectivity index (χ0v) is 13.1. The van der Waals surface area contributed by atoms with E-state index >= 15 is 0 Å². The van der Waals surface area contributed by atoms with Gasteiger partial charge in [0.15, 0.2) is 0 Å². The second kappa shape index (κ2) is 8.20. The second-order valence-electron chi connectivity index (χ2n) is 5.45. The van der Waals surface area contributed by atoms with E-state index in [1.807, 2.05) is 6.92 Å². The minimum atomic E-state index is -0.298. The van der Waals surface area contributed by atoms with Gasteiger partial charge in [0, 0.05) is 12.6 Å². The van der Waals surface area contributed by atoms with Crippen LogP contribution in [-0.2, 0) is 11.3 Å². The molecule has 21 heavy (non-hydrogen) atoms. The summed E-state index contributed by atoms with van der Waals surface area (Å²) in [5.41, 5.74) is 0.548. The van der Waals surface area contributed by atoms with E-state index in [0.29, 0.717) is 30.5 Å². The summed E-state index contributed by atoms with van der Waals surface area (Å²) in [4.78, 5) is 14.2. The maximum atomic E-state index is 11.9. The number of rotatable bonds is 7. The topological polar surface area (TPSA) is 54.7 Å². The number of carbonyl (C=O) groups is 1. The number of esters is 1. The number of piperidine rings is 1. The van der Waals surface area contributed by atoms with Crippen LogP contribution in [0.4, 0.5) is 0 Å². The van der Waals surface area contributed by atoms with Crippen LogP contribution in [0.25, 0.3) is 0 Å². The van der Waals surface area contributed by atoms with Crippen LogP contribution in [0.15, 0.2) is 16.7 Å². The third-order valence-electron chi connectivity index (χ3n) is 3.95. The molecule has 2 heterocycles. The van der Waals surface area contributed by atoms with E-state index in [2.05, 4.69) is 17.1 Å². The van der Waals surface area contributed by atoms with Crippen molar-refractivity contribution in [3.63, 3.8) is 0 Å². The van der Waals surface area contributed by atoms with Gasteiger partial charge in [-0.15, -0.1) is 0 Å². The van der Waals surface area contributed by atoms with Crippen LogP contribution in [0.5, 0.6) is 0 Å². The van der Waals surface area contributed by atoms with Crippen LogP contribution < -0.4 is 5.32 Å².